The van der Waals surface area contributed by atoms with Gasteiger partial charge in [0.05, 0.1) is 7.11 Å². The maximum Gasteiger partial charge on any atom is 0.124 e. The molecule has 0 aromatic heterocycles. The summed E-state index contributed by atoms with van der Waals surface area (Å²) in [6, 6.07) is 4.16. The predicted octanol–water partition coefficient (Wildman–Crippen LogP) is 2.40. The van der Waals surface area contributed by atoms with Gasteiger partial charge in [0.1, 0.15) is 5.75 Å². The lowest BCUT2D eigenvalue weighted by atomic mass is 9.88. The SMILES string of the molecule is COc1cc(N)c(C)cc1C1CCN(C)CC1. The van der Waals surface area contributed by atoms with Crippen molar-refractivity contribution in [1.82, 2.24) is 4.90 Å². The third kappa shape index (κ3) is 2.55. The molecule has 3 nitrogen and oxygen atoms in total. The molecule has 3 heteroatoms. The Kier molecular flexibility index (Phi) is 3.57. The zero-order valence-electron chi connectivity index (χ0n) is 11.0. The van der Waals surface area contributed by atoms with Crippen LogP contribution in [0.2, 0.25) is 0 Å². The van der Waals surface area contributed by atoms with E-state index in [-0.39, 0.29) is 0 Å². The highest BCUT2D eigenvalue weighted by molar-refractivity contribution is 5.55. The summed E-state index contributed by atoms with van der Waals surface area (Å²) in [7, 11) is 3.91. The number of piperidine rings is 1. The van der Waals surface area contributed by atoms with Crippen LogP contribution in [0, 0.1) is 6.92 Å². The predicted molar refractivity (Wildman–Crippen MR) is 71.6 cm³/mol. The van der Waals surface area contributed by atoms with Crippen LogP contribution in [0.3, 0.4) is 0 Å². The van der Waals surface area contributed by atoms with Crippen molar-refractivity contribution in [3.8, 4) is 5.75 Å². The third-order valence-electron chi connectivity index (χ3n) is 3.78. The van der Waals surface area contributed by atoms with E-state index >= 15 is 0 Å². The normalized spacial score (nSPS) is 18.3. The molecule has 1 aliphatic heterocycles. The second kappa shape index (κ2) is 4.96. The summed E-state index contributed by atoms with van der Waals surface area (Å²) in [5.41, 5.74) is 9.23. The molecule has 17 heavy (non-hydrogen) atoms. The molecule has 1 aromatic carbocycles. The summed E-state index contributed by atoms with van der Waals surface area (Å²) < 4.78 is 5.47. The maximum absolute atomic E-state index is 5.93. The molecule has 0 bridgehead atoms. The van der Waals surface area contributed by atoms with Crippen LogP contribution < -0.4 is 10.5 Å². The molecule has 2 rings (SSSR count). The second-order valence-electron chi connectivity index (χ2n) is 5.03. The molecule has 1 aromatic rings. The Bertz CT molecular complexity index is 395. The fourth-order valence-corrected chi connectivity index (χ4v) is 2.54. The van der Waals surface area contributed by atoms with E-state index in [2.05, 4.69) is 24.9 Å². The van der Waals surface area contributed by atoms with E-state index in [9.17, 15) is 0 Å². The molecular weight excluding hydrogens is 212 g/mol. The number of methoxy groups -OCH3 is 1. The minimum Gasteiger partial charge on any atom is -0.496 e. The molecule has 2 N–H and O–H groups in total. The zero-order valence-corrected chi connectivity index (χ0v) is 11.0. The van der Waals surface area contributed by atoms with Gasteiger partial charge in [0.2, 0.25) is 0 Å². The van der Waals surface area contributed by atoms with Crippen molar-refractivity contribution in [1.29, 1.82) is 0 Å². The van der Waals surface area contributed by atoms with Gasteiger partial charge in [0.25, 0.3) is 0 Å². The Hall–Kier alpha value is -1.22. The molecule has 0 spiro atoms. The number of hydrogen-bond donors (Lipinski definition) is 1. The lowest BCUT2D eigenvalue weighted by Crippen LogP contribution is -2.29. The van der Waals surface area contributed by atoms with Crippen molar-refractivity contribution < 1.29 is 4.74 Å². The van der Waals surface area contributed by atoms with Crippen LogP contribution in [0.5, 0.6) is 5.75 Å². The topological polar surface area (TPSA) is 38.5 Å². The van der Waals surface area contributed by atoms with Crippen molar-refractivity contribution in [2.45, 2.75) is 25.7 Å². The first-order valence-electron chi connectivity index (χ1n) is 6.24. The number of aryl methyl sites for hydroxylation is 1. The van der Waals surface area contributed by atoms with E-state index in [1.807, 2.05) is 6.07 Å². The Morgan fingerprint density at radius 2 is 1.94 bits per heavy atom. The van der Waals surface area contributed by atoms with Crippen LogP contribution in [0.1, 0.15) is 29.9 Å². The third-order valence-corrected chi connectivity index (χ3v) is 3.78. The van der Waals surface area contributed by atoms with E-state index in [4.69, 9.17) is 10.5 Å². The van der Waals surface area contributed by atoms with E-state index in [1.165, 1.54) is 18.4 Å². The molecule has 0 atom stereocenters. The van der Waals surface area contributed by atoms with Gasteiger partial charge in [-0.2, -0.15) is 0 Å². The first-order chi connectivity index (χ1) is 8.11. The van der Waals surface area contributed by atoms with Crippen LogP contribution >= 0.6 is 0 Å². The smallest absolute Gasteiger partial charge is 0.124 e. The first kappa shape index (κ1) is 12.2. The van der Waals surface area contributed by atoms with E-state index in [1.54, 1.807) is 7.11 Å². The summed E-state index contributed by atoms with van der Waals surface area (Å²) in [6.07, 6.45) is 2.41. The summed E-state index contributed by atoms with van der Waals surface area (Å²) in [5, 5.41) is 0. The Balaban J connectivity index is 2.27. The summed E-state index contributed by atoms with van der Waals surface area (Å²) >= 11 is 0. The summed E-state index contributed by atoms with van der Waals surface area (Å²) in [4.78, 5) is 2.38. The molecule has 0 amide bonds. The fraction of sp³-hybridized carbons (Fsp3) is 0.571. The van der Waals surface area contributed by atoms with Crippen molar-refractivity contribution in [2.24, 2.45) is 0 Å². The molecule has 0 saturated carbocycles. The molecule has 1 fully saturated rings. The van der Waals surface area contributed by atoms with Gasteiger partial charge in [-0.05, 0) is 56.9 Å². The van der Waals surface area contributed by atoms with Crippen LogP contribution in [0.4, 0.5) is 5.69 Å². The van der Waals surface area contributed by atoms with Crippen molar-refractivity contribution in [2.75, 3.05) is 33.0 Å². The van der Waals surface area contributed by atoms with Crippen LogP contribution in [-0.4, -0.2) is 32.1 Å². The quantitative estimate of drug-likeness (QED) is 0.799. The van der Waals surface area contributed by atoms with Gasteiger partial charge in [0.15, 0.2) is 0 Å². The number of likely N-dealkylation sites (tertiary alicyclic amines) is 1. The van der Waals surface area contributed by atoms with Crippen molar-refractivity contribution >= 4 is 5.69 Å². The fourth-order valence-electron chi connectivity index (χ4n) is 2.54. The van der Waals surface area contributed by atoms with Gasteiger partial charge in [-0.3, -0.25) is 0 Å². The van der Waals surface area contributed by atoms with Crippen molar-refractivity contribution in [3.63, 3.8) is 0 Å². The number of nitrogens with zero attached hydrogens (tertiary/aromatic N) is 1. The molecule has 0 aliphatic carbocycles. The standard InChI is InChI=1S/C14H22N2O/c1-10-8-12(14(17-3)9-13(10)15)11-4-6-16(2)7-5-11/h8-9,11H,4-7,15H2,1-3H3. The molecule has 1 aliphatic rings. The van der Waals surface area contributed by atoms with Gasteiger partial charge < -0.3 is 15.4 Å². The van der Waals surface area contributed by atoms with E-state index in [0.717, 1.165) is 30.1 Å². The molecule has 0 radical (unpaired) electrons. The monoisotopic (exact) mass is 234 g/mol. The van der Waals surface area contributed by atoms with Gasteiger partial charge in [-0.25, -0.2) is 0 Å². The van der Waals surface area contributed by atoms with Gasteiger partial charge in [0, 0.05) is 11.8 Å². The van der Waals surface area contributed by atoms with Crippen LogP contribution in [0.15, 0.2) is 12.1 Å². The molecule has 94 valence electrons. The van der Waals surface area contributed by atoms with E-state index < -0.39 is 0 Å². The Morgan fingerprint density at radius 3 is 2.53 bits per heavy atom. The highest BCUT2D eigenvalue weighted by Gasteiger charge is 2.21. The number of anilines is 1. The maximum atomic E-state index is 5.93. The molecule has 1 saturated heterocycles. The summed E-state index contributed by atoms with van der Waals surface area (Å²) in [6.45, 7) is 4.39. The summed E-state index contributed by atoms with van der Waals surface area (Å²) in [5.74, 6) is 1.56. The van der Waals surface area contributed by atoms with Crippen LogP contribution in [-0.2, 0) is 0 Å². The van der Waals surface area contributed by atoms with Crippen molar-refractivity contribution in [3.05, 3.63) is 23.3 Å². The Morgan fingerprint density at radius 1 is 1.29 bits per heavy atom. The zero-order chi connectivity index (χ0) is 12.4. The van der Waals surface area contributed by atoms with Gasteiger partial charge in [-0.1, -0.05) is 6.07 Å². The number of benzene rings is 1. The molecule has 0 unspecified atom stereocenters. The highest BCUT2D eigenvalue weighted by atomic mass is 16.5. The average molecular weight is 234 g/mol. The second-order valence-corrected chi connectivity index (χ2v) is 5.03. The number of ether oxygens (including phenoxy) is 1. The van der Waals surface area contributed by atoms with Gasteiger partial charge in [-0.15, -0.1) is 0 Å². The number of nitrogens with two attached hydrogens (primary N) is 1. The molecule has 1 heterocycles. The minimum atomic E-state index is 0.612. The highest BCUT2D eigenvalue weighted by Crippen LogP contribution is 2.36. The number of nitrogen functional groups attached to an aromatic ring is 1. The lowest BCUT2D eigenvalue weighted by Gasteiger charge is -2.30. The largest absolute Gasteiger partial charge is 0.496 e. The number of rotatable bonds is 2. The number of hydrogen-bond acceptors (Lipinski definition) is 3. The first-order valence-corrected chi connectivity index (χ1v) is 6.24. The Labute approximate surface area is 104 Å². The lowest BCUT2D eigenvalue weighted by molar-refractivity contribution is 0.252. The average Bonchev–Trinajstić information content (AvgIpc) is 2.33. The van der Waals surface area contributed by atoms with Gasteiger partial charge >= 0.3 is 0 Å². The van der Waals surface area contributed by atoms with Crippen LogP contribution in [0.25, 0.3) is 0 Å². The van der Waals surface area contributed by atoms with E-state index in [0.29, 0.717) is 5.92 Å². The minimum absolute atomic E-state index is 0.612. The molecular formula is C14H22N2O.